The van der Waals surface area contributed by atoms with Gasteiger partial charge in [-0.15, -0.1) is 0 Å². The summed E-state index contributed by atoms with van der Waals surface area (Å²) in [6, 6.07) is 4.98. The fourth-order valence-electron chi connectivity index (χ4n) is 6.08. The van der Waals surface area contributed by atoms with E-state index < -0.39 is 41.6 Å². The smallest absolute Gasteiger partial charge is 0.356 e. The van der Waals surface area contributed by atoms with Gasteiger partial charge in [-0.2, -0.15) is 0 Å². The second-order valence-corrected chi connectivity index (χ2v) is 11.5. The molecule has 3 N–H and O–H groups in total. The Morgan fingerprint density at radius 1 is 1.16 bits per heavy atom. The number of hydrogen-bond donors (Lipinski definition) is 2. The van der Waals surface area contributed by atoms with Gasteiger partial charge in [0.25, 0.3) is 0 Å². The van der Waals surface area contributed by atoms with Crippen molar-refractivity contribution in [3.05, 3.63) is 42.1 Å². The van der Waals surface area contributed by atoms with E-state index in [2.05, 4.69) is 10.3 Å². The molecule has 3 aliphatic rings. The van der Waals surface area contributed by atoms with Crippen LogP contribution in [-0.2, 0) is 23.9 Å². The van der Waals surface area contributed by atoms with Crippen molar-refractivity contribution < 1.29 is 38.1 Å². The van der Waals surface area contributed by atoms with Gasteiger partial charge in [0.2, 0.25) is 11.8 Å². The van der Waals surface area contributed by atoms with Crippen LogP contribution in [0.1, 0.15) is 62.4 Å². The Bertz CT molecular complexity index is 1460. The van der Waals surface area contributed by atoms with Crippen molar-refractivity contribution >= 4 is 34.7 Å². The van der Waals surface area contributed by atoms with Crippen LogP contribution in [0.4, 0.5) is 0 Å². The van der Waals surface area contributed by atoms with Gasteiger partial charge in [0.15, 0.2) is 5.69 Å². The van der Waals surface area contributed by atoms with Crippen molar-refractivity contribution in [1.29, 1.82) is 0 Å². The van der Waals surface area contributed by atoms with E-state index in [1.54, 1.807) is 25.1 Å². The number of allylic oxidation sites excluding steroid dienone is 1. The van der Waals surface area contributed by atoms with Crippen molar-refractivity contribution in [3.8, 4) is 11.5 Å². The van der Waals surface area contributed by atoms with Crippen LogP contribution in [0.3, 0.4) is 0 Å². The number of fused-ring (bicyclic) bond motifs is 3. The van der Waals surface area contributed by atoms with Gasteiger partial charge in [-0.25, -0.2) is 14.6 Å². The number of nitrogens with zero attached hydrogens (tertiary/aromatic N) is 2. The highest BCUT2D eigenvalue weighted by molar-refractivity contribution is 5.96. The zero-order chi connectivity index (χ0) is 31.4. The molecule has 44 heavy (non-hydrogen) atoms. The van der Waals surface area contributed by atoms with Gasteiger partial charge in [-0.3, -0.25) is 9.59 Å². The molecule has 0 spiro atoms. The number of hydrogen-bond acceptors (Lipinski definition) is 10. The van der Waals surface area contributed by atoms with Gasteiger partial charge in [0, 0.05) is 29.9 Å². The number of pyridine rings is 1. The number of esters is 2. The molecular formula is C32H40N4O8. The molecule has 2 aliphatic heterocycles. The summed E-state index contributed by atoms with van der Waals surface area (Å²) >= 11 is 0. The van der Waals surface area contributed by atoms with Gasteiger partial charge in [0.1, 0.15) is 29.2 Å². The molecule has 2 amide bonds. The number of methoxy groups -OCH3 is 2. The Balaban J connectivity index is 1.46. The third-order valence-electron chi connectivity index (χ3n) is 8.59. The third kappa shape index (κ3) is 6.35. The predicted molar refractivity (Wildman–Crippen MR) is 160 cm³/mol. The molecule has 236 valence electrons. The first-order valence-electron chi connectivity index (χ1n) is 15.2. The second kappa shape index (κ2) is 13.2. The highest BCUT2D eigenvalue weighted by Gasteiger charge is 2.62. The average molecular weight is 609 g/mol. The summed E-state index contributed by atoms with van der Waals surface area (Å²) in [4.78, 5) is 58.9. The van der Waals surface area contributed by atoms with E-state index >= 15 is 0 Å². The molecular weight excluding hydrogens is 568 g/mol. The normalized spacial score (nSPS) is 28.0. The van der Waals surface area contributed by atoms with Crippen LogP contribution < -0.4 is 20.5 Å². The fourth-order valence-corrected chi connectivity index (χ4v) is 6.08. The summed E-state index contributed by atoms with van der Waals surface area (Å²) in [7, 11) is 2.79. The maximum Gasteiger partial charge on any atom is 0.356 e. The molecule has 1 aromatic heterocycles. The molecule has 12 heteroatoms. The summed E-state index contributed by atoms with van der Waals surface area (Å²) in [6.45, 7) is 2.00. The number of amides is 2. The van der Waals surface area contributed by atoms with Crippen molar-refractivity contribution in [1.82, 2.24) is 15.2 Å². The van der Waals surface area contributed by atoms with Crippen LogP contribution in [-0.4, -0.2) is 84.7 Å². The van der Waals surface area contributed by atoms with Gasteiger partial charge < -0.3 is 34.9 Å². The summed E-state index contributed by atoms with van der Waals surface area (Å²) in [5.41, 5.74) is 5.68. The summed E-state index contributed by atoms with van der Waals surface area (Å²) in [6.07, 6.45) is 7.95. The van der Waals surface area contributed by atoms with Crippen LogP contribution >= 0.6 is 0 Å². The van der Waals surface area contributed by atoms with E-state index in [9.17, 15) is 19.2 Å². The van der Waals surface area contributed by atoms with E-state index in [1.807, 2.05) is 12.2 Å². The molecule has 1 saturated carbocycles. The minimum atomic E-state index is -1.17. The SMILES string of the molecule is CCOC(=O)[C@@]12C[C@H]1/C=C\CCCCC[C@H](N)C(=O)N1C[C@H](Oc3cc(C(=O)OC)nc4cc(OC)ccc34)C[C@H]1C(=O)N2. The topological polar surface area (TPSA) is 159 Å². The lowest BCUT2D eigenvalue weighted by atomic mass is 10.1. The average Bonchev–Trinajstić information content (AvgIpc) is 3.55. The number of carbonyl (C=O) groups excluding carboxylic acids is 4. The van der Waals surface area contributed by atoms with Crippen LogP contribution in [0, 0.1) is 5.92 Å². The Hall–Kier alpha value is -4.19. The molecule has 1 saturated heterocycles. The number of carbonyl (C=O) groups is 4. The molecule has 5 atom stereocenters. The lowest BCUT2D eigenvalue weighted by Gasteiger charge is -2.28. The lowest BCUT2D eigenvalue weighted by molar-refractivity contribution is -0.150. The largest absolute Gasteiger partial charge is 0.497 e. The maximum absolute atomic E-state index is 13.9. The summed E-state index contributed by atoms with van der Waals surface area (Å²) in [5.74, 6) is -1.23. The van der Waals surface area contributed by atoms with Crippen molar-refractivity contribution in [2.45, 2.75) is 75.6 Å². The minimum absolute atomic E-state index is 0.0381. The van der Waals surface area contributed by atoms with E-state index in [4.69, 9.17) is 24.7 Å². The lowest BCUT2D eigenvalue weighted by Crippen LogP contribution is -2.55. The molecule has 2 fully saturated rings. The maximum atomic E-state index is 13.9. The van der Waals surface area contributed by atoms with E-state index in [0.29, 0.717) is 35.2 Å². The first-order chi connectivity index (χ1) is 21.2. The Morgan fingerprint density at radius 3 is 2.73 bits per heavy atom. The molecule has 2 aromatic rings. The number of aromatic nitrogens is 1. The Kier molecular flexibility index (Phi) is 9.38. The first kappa shape index (κ1) is 31.2. The minimum Gasteiger partial charge on any atom is -0.497 e. The molecule has 1 aliphatic carbocycles. The third-order valence-corrected chi connectivity index (χ3v) is 8.59. The summed E-state index contributed by atoms with van der Waals surface area (Å²) in [5, 5.41) is 3.56. The van der Waals surface area contributed by atoms with Crippen LogP contribution in [0.5, 0.6) is 11.5 Å². The van der Waals surface area contributed by atoms with Gasteiger partial charge in [-0.05, 0) is 44.7 Å². The molecule has 1 aromatic carbocycles. The van der Waals surface area contributed by atoms with E-state index in [0.717, 1.165) is 25.7 Å². The molecule has 12 nitrogen and oxygen atoms in total. The molecule has 0 radical (unpaired) electrons. The molecule has 5 rings (SSSR count). The van der Waals surface area contributed by atoms with Gasteiger partial charge >= 0.3 is 11.9 Å². The zero-order valence-corrected chi connectivity index (χ0v) is 25.4. The van der Waals surface area contributed by atoms with Crippen molar-refractivity contribution in [2.75, 3.05) is 27.4 Å². The van der Waals surface area contributed by atoms with E-state index in [1.165, 1.54) is 25.2 Å². The van der Waals surface area contributed by atoms with Gasteiger partial charge in [0.05, 0.1) is 38.9 Å². The van der Waals surface area contributed by atoms with E-state index in [-0.39, 0.29) is 37.1 Å². The number of rotatable bonds is 6. The molecule has 0 bridgehead atoms. The second-order valence-electron chi connectivity index (χ2n) is 11.5. The fraction of sp³-hybridized carbons (Fsp3) is 0.531. The first-order valence-corrected chi connectivity index (χ1v) is 15.2. The predicted octanol–water partition coefficient (Wildman–Crippen LogP) is 2.66. The summed E-state index contributed by atoms with van der Waals surface area (Å²) < 4.78 is 22.0. The van der Waals surface area contributed by atoms with Crippen molar-refractivity contribution in [3.63, 3.8) is 0 Å². The Labute approximate surface area is 256 Å². The standard InChI is InChI=1S/C32H40N4O8/c1-4-43-31(40)32-17-19(32)10-8-6-5-7-9-11-23(33)29(38)36-18-21(15-26(36)28(37)35-32)44-27-16-25(30(39)42-3)34-24-14-20(41-2)12-13-22(24)27/h8,10,12-14,16,19,21,23,26H,4-7,9,11,15,17-18,33H2,1-3H3,(H,35,37)/b10-8-/t19-,21-,23+,26+,32-/m1/s1. The molecule has 0 unspecified atom stereocenters. The van der Waals surface area contributed by atoms with Crippen LogP contribution in [0.2, 0.25) is 0 Å². The molecule has 3 heterocycles. The Morgan fingerprint density at radius 2 is 1.98 bits per heavy atom. The number of nitrogens with two attached hydrogens (primary N) is 1. The van der Waals surface area contributed by atoms with Crippen LogP contribution in [0.25, 0.3) is 10.9 Å². The quantitative estimate of drug-likeness (QED) is 0.369. The number of ether oxygens (including phenoxy) is 4. The monoisotopic (exact) mass is 608 g/mol. The van der Waals surface area contributed by atoms with Gasteiger partial charge in [-0.1, -0.05) is 25.0 Å². The number of benzene rings is 1. The van der Waals surface area contributed by atoms with Crippen molar-refractivity contribution in [2.24, 2.45) is 11.7 Å². The highest BCUT2D eigenvalue weighted by atomic mass is 16.5. The number of nitrogens with one attached hydrogen (secondary N) is 1. The van der Waals surface area contributed by atoms with Crippen LogP contribution in [0.15, 0.2) is 36.4 Å². The zero-order valence-electron chi connectivity index (χ0n) is 25.4. The highest BCUT2D eigenvalue weighted by Crippen LogP contribution is 2.46.